The van der Waals surface area contributed by atoms with Crippen molar-refractivity contribution in [1.29, 1.82) is 0 Å². The molecule has 24 heavy (non-hydrogen) atoms. The lowest BCUT2D eigenvalue weighted by Crippen LogP contribution is -2.41. The van der Waals surface area contributed by atoms with Gasteiger partial charge in [-0.15, -0.1) is 0 Å². The van der Waals surface area contributed by atoms with Crippen LogP contribution in [0.25, 0.3) is 0 Å². The van der Waals surface area contributed by atoms with Crippen LogP contribution in [-0.2, 0) is 26.6 Å². The Labute approximate surface area is 153 Å². The van der Waals surface area contributed by atoms with Crippen molar-refractivity contribution in [3.05, 3.63) is 62.6 Å². The van der Waals surface area contributed by atoms with Crippen molar-refractivity contribution in [2.75, 3.05) is 18.1 Å². The minimum absolute atomic E-state index is 0.250. The molecule has 0 unspecified atom stereocenters. The van der Waals surface area contributed by atoms with Gasteiger partial charge in [0.25, 0.3) is 11.7 Å². The van der Waals surface area contributed by atoms with Crippen LogP contribution in [0.2, 0.25) is 15.1 Å². The van der Waals surface area contributed by atoms with E-state index in [0.717, 1.165) is 5.56 Å². The lowest BCUT2D eigenvalue weighted by Gasteiger charge is -2.22. The number of carbonyl (C=O) groups excluding carboxylic acids is 1. The van der Waals surface area contributed by atoms with E-state index in [0.29, 0.717) is 39.5 Å². The molecule has 2 heterocycles. The second-order valence-corrected chi connectivity index (χ2v) is 6.77. The van der Waals surface area contributed by atoms with E-state index in [9.17, 15) is 4.79 Å². The fourth-order valence-corrected chi connectivity index (χ4v) is 3.86. The molecular formula is C17H12Cl3NO3. The third-order valence-electron chi connectivity index (χ3n) is 4.18. The Morgan fingerprint density at radius 2 is 1.62 bits per heavy atom. The van der Waals surface area contributed by atoms with E-state index in [4.69, 9.17) is 44.3 Å². The summed E-state index contributed by atoms with van der Waals surface area (Å²) in [6.45, 7) is 0.877. The third kappa shape index (κ3) is 2.25. The lowest BCUT2D eigenvalue weighted by atomic mass is 10.1. The first kappa shape index (κ1) is 16.2. The molecule has 1 saturated heterocycles. The van der Waals surface area contributed by atoms with Crippen LogP contribution in [0.15, 0.2) is 36.4 Å². The van der Waals surface area contributed by atoms with E-state index in [2.05, 4.69) is 0 Å². The average Bonchev–Trinajstić information content (AvgIpc) is 3.14. The van der Waals surface area contributed by atoms with Crippen molar-refractivity contribution in [1.82, 2.24) is 0 Å². The van der Waals surface area contributed by atoms with Crippen LogP contribution < -0.4 is 4.90 Å². The van der Waals surface area contributed by atoms with Crippen LogP contribution in [0.4, 0.5) is 5.69 Å². The van der Waals surface area contributed by atoms with E-state index in [-0.39, 0.29) is 12.5 Å². The molecule has 1 spiro atoms. The first-order chi connectivity index (χ1) is 11.5. The molecule has 1 amide bonds. The van der Waals surface area contributed by atoms with Gasteiger partial charge < -0.3 is 14.4 Å². The second kappa shape index (κ2) is 5.90. The van der Waals surface area contributed by atoms with Gasteiger partial charge in [0.15, 0.2) is 0 Å². The van der Waals surface area contributed by atoms with Gasteiger partial charge in [-0.1, -0.05) is 53.0 Å². The van der Waals surface area contributed by atoms with Crippen molar-refractivity contribution in [3.63, 3.8) is 0 Å². The maximum absolute atomic E-state index is 13.1. The lowest BCUT2D eigenvalue weighted by molar-refractivity contribution is -0.180. The monoisotopic (exact) mass is 383 g/mol. The van der Waals surface area contributed by atoms with Gasteiger partial charge in [0.05, 0.1) is 41.1 Å². The van der Waals surface area contributed by atoms with Gasteiger partial charge in [-0.3, -0.25) is 4.79 Å². The van der Waals surface area contributed by atoms with E-state index in [1.54, 1.807) is 18.2 Å². The van der Waals surface area contributed by atoms with Gasteiger partial charge in [0, 0.05) is 5.02 Å². The van der Waals surface area contributed by atoms with Gasteiger partial charge in [-0.2, -0.15) is 0 Å². The first-order valence-electron chi connectivity index (χ1n) is 7.36. The number of anilines is 1. The number of rotatable bonds is 2. The summed E-state index contributed by atoms with van der Waals surface area (Å²) in [6.07, 6.45) is 0. The van der Waals surface area contributed by atoms with Crippen molar-refractivity contribution in [2.24, 2.45) is 0 Å². The van der Waals surface area contributed by atoms with Crippen molar-refractivity contribution < 1.29 is 14.3 Å². The summed E-state index contributed by atoms with van der Waals surface area (Å²) < 4.78 is 11.4. The van der Waals surface area contributed by atoms with E-state index in [1.165, 1.54) is 4.90 Å². The Hall–Kier alpha value is -1.30. The maximum Gasteiger partial charge on any atom is 0.292 e. The number of hydrogen-bond acceptors (Lipinski definition) is 3. The zero-order valence-electron chi connectivity index (χ0n) is 12.4. The first-order valence-corrected chi connectivity index (χ1v) is 8.50. The zero-order valence-corrected chi connectivity index (χ0v) is 14.7. The number of halogens is 3. The van der Waals surface area contributed by atoms with E-state index in [1.807, 2.05) is 18.2 Å². The van der Waals surface area contributed by atoms with E-state index < -0.39 is 5.79 Å². The molecule has 4 rings (SSSR count). The van der Waals surface area contributed by atoms with Crippen LogP contribution in [0.3, 0.4) is 0 Å². The number of hydrogen-bond donors (Lipinski definition) is 0. The van der Waals surface area contributed by atoms with Gasteiger partial charge in [-0.05, 0) is 23.8 Å². The molecular weight excluding hydrogens is 373 g/mol. The van der Waals surface area contributed by atoms with Crippen molar-refractivity contribution >= 4 is 46.4 Å². The van der Waals surface area contributed by atoms with Crippen molar-refractivity contribution in [2.45, 2.75) is 12.3 Å². The fraction of sp³-hybridized carbons (Fsp3) is 0.235. The fourth-order valence-electron chi connectivity index (χ4n) is 3.13. The molecule has 2 aliphatic rings. The summed E-state index contributed by atoms with van der Waals surface area (Å²) in [5, 5.41) is 1.36. The number of amides is 1. The largest absolute Gasteiger partial charge is 0.336 e. The number of carbonyl (C=O) groups is 1. The summed E-state index contributed by atoms with van der Waals surface area (Å²) >= 11 is 19.0. The Bertz CT molecular complexity index is 834. The molecule has 2 aromatic carbocycles. The summed E-state index contributed by atoms with van der Waals surface area (Å²) in [4.78, 5) is 14.6. The van der Waals surface area contributed by atoms with Crippen LogP contribution in [0.1, 0.15) is 11.1 Å². The molecule has 124 valence electrons. The molecule has 0 N–H and O–H groups in total. The van der Waals surface area contributed by atoms with Gasteiger partial charge in [0.2, 0.25) is 0 Å². The maximum atomic E-state index is 13.1. The smallest absolute Gasteiger partial charge is 0.292 e. The highest BCUT2D eigenvalue weighted by molar-refractivity contribution is 6.38. The molecule has 7 heteroatoms. The number of ether oxygens (including phenoxy) is 2. The molecule has 0 aliphatic carbocycles. The predicted octanol–water partition coefficient (Wildman–Crippen LogP) is 4.39. The van der Waals surface area contributed by atoms with Crippen LogP contribution >= 0.6 is 34.8 Å². The molecule has 0 atom stereocenters. The normalized spacial score (nSPS) is 18.5. The summed E-state index contributed by atoms with van der Waals surface area (Å²) in [5.41, 5.74) is 1.77. The van der Waals surface area contributed by atoms with E-state index >= 15 is 0 Å². The topological polar surface area (TPSA) is 38.8 Å². The molecule has 2 aliphatic heterocycles. The number of nitrogens with zero attached hydrogens (tertiary/aromatic N) is 1. The Kier molecular flexibility index (Phi) is 3.98. The van der Waals surface area contributed by atoms with Gasteiger partial charge in [-0.25, -0.2) is 0 Å². The molecule has 1 fully saturated rings. The Morgan fingerprint density at radius 3 is 2.33 bits per heavy atom. The average molecular weight is 385 g/mol. The highest BCUT2D eigenvalue weighted by Gasteiger charge is 2.58. The van der Waals surface area contributed by atoms with Crippen LogP contribution in [-0.4, -0.2) is 19.1 Å². The molecule has 0 aromatic heterocycles. The highest BCUT2D eigenvalue weighted by Crippen LogP contribution is 2.52. The predicted molar refractivity (Wildman–Crippen MR) is 92.7 cm³/mol. The standard InChI is InChI=1S/C17H12Cl3NO3/c18-11-4-2-1-3-10(11)9-21-15-13(20)6-5-12(19)14(15)17(16(21)22)23-7-8-24-17/h1-6H,7-9H2. The Balaban J connectivity index is 1.87. The highest BCUT2D eigenvalue weighted by atomic mass is 35.5. The number of fused-ring (bicyclic) bond motifs is 2. The number of benzene rings is 2. The molecule has 0 saturated carbocycles. The van der Waals surface area contributed by atoms with Crippen molar-refractivity contribution in [3.8, 4) is 0 Å². The summed E-state index contributed by atoms with van der Waals surface area (Å²) in [5.74, 6) is -1.86. The molecule has 4 nitrogen and oxygen atoms in total. The van der Waals surface area contributed by atoms with Gasteiger partial charge in [0.1, 0.15) is 0 Å². The molecule has 2 aromatic rings. The quantitative estimate of drug-likeness (QED) is 0.770. The second-order valence-electron chi connectivity index (χ2n) is 5.55. The van der Waals surface area contributed by atoms with Crippen LogP contribution in [0, 0.1) is 0 Å². The van der Waals surface area contributed by atoms with Crippen LogP contribution in [0.5, 0.6) is 0 Å². The molecule has 0 bridgehead atoms. The molecule has 0 radical (unpaired) electrons. The van der Waals surface area contributed by atoms with Gasteiger partial charge >= 0.3 is 0 Å². The SMILES string of the molecule is O=C1N(Cc2ccccc2Cl)c2c(Cl)ccc(Cl)c2C12OCCO2. The summed E-state index contributed by atoms with van der Waals surface area (Å²) in [7, 11) is 0. The third-order valence-corrected chi connectivity index (χ3v) is 5.17. The zero-order chi connectivity index (χ0) is 16.9. The minimum atomic E-state index is -1.52. The Morgan fingerprint density at radius 1 is 0.958 bits per heavy atom. The summed E-state index contributed by atoms with van der Waals surface area (Å²) in [6, 6.07) is 10.6. The minimum Gasteiger partial charge on any atom is -0.336 e.